The molecule has 1 amide bonds. The zero-order valence-electron chi connectivity index (χ0n) is 11.5. The number of rotatable bonds is 6. The molecule has 1 aromatic carbocycles. The van der Waals surface area contributed by atoms with Crippen LogP contribution in [0.1, 0.15) is 27.9 Å². The fraction of sp³-hybridized carbons (Fsp3) is 0.357. The van der Waals surface area contributed by atoms with Crippen molar-refractivity contribution in [1.82, 2.24) is 14.9 Å². The summed E-state index contributed by atoms with van der Waals surface area (Å²) in [7, 11) is 1.64. The van der Waals surface area contributed by atoms with Crippen LogP contribution in [0.4, 0.5) is 0 Å². The van der Waals surface area contributed by atoms with Gasteiger partial charge in [0.2, 0.25) is 0 Å². The van der Waals surface area contributed by atoms with Gasteiger partial charge in [-0.15, -0.1) is 5.10 Å². The average molecular weight is 291 g/mol. The fourth-order valence-corrected chi connectivity index (χ4v) is 2.51. The Labute approximate surface area is 122 Å². The molecule has 20 heavy (non-hydrogen) atoms. The molecule has 0 aliphatic carbocycles. The van der Waals surface area contributed by atoms with Gasteiger partial charge < -0.3 is 10.1 Å². The van der Waals surface area contributed by atoms with Crippen LogP contribution < -0.4 is 10.1 Å². The van der Waals surface area contributed by atoms with Crippen molar-refractivity contribution in [2.45, 2.75) is 19.8 Å². The monoisotopic (exact) mass is 291 g/mol. The standard InChI is InChI=1S/C14H17N3O2S/c1-3-12-13(20-17-16-12)14(18)15-8-7-10-5-4-6-11(9-10)19-2/h4-6,9H,3,7-8H2,1-2H3,(H,15,18). The van der Waals surface area contributed by atoms with Crippen molar-refractivity contribution >= 4 is 17.4 Å². The fourth-order valence-electron chi connectivity index (χ4n) is 1.84. The summed E-state index contributed by atoms with van der Waals surface area (Å²) in [6, 6.07) is 7.83. The van der Waals surface area contributed by atoms with E-state index in [4.69, 9.17) is 4.74 Å². The number of hydrogen-bond donors (Lipinski definition) is 1. The van der Waals surface area contributed by atoms with E-state index >= 15 is 0 Å². The molecule has 0 bridgehead atoms. The van der Waals surface area contributed by atoms with Crippen LogP contribution in [0.15, 0.2) is 24.3 Å². The lowest BCUT2D eigenvalue weighted by Gasteiger charge is -2.06. The minimum atomic E-state index is -0.0975. The van der Waals surface area contributed by atoms with E-state index < -0.39 is 0 Å². The Morgan fingerprint density at radius 1 is 1.45 bits per heavy atom. The first kappa shape index (κ1) is 14.5. The van der Waals surface area contributed by atoms with Crippen LogP contribution >= 0.6 is 11.5 Å². The summed E-state index contributed by atoms with van der Waals surface area (Å²) in [5.74, 6) is 0.730. The first-order chi connectivity index (χ1) is 9.74. The molecule has 0 saturated heterocycles. The van der Waals surface area contributed by atoms with Gasteiger partial charge in [-0.2, -0.15) is 0 Å². The molecule has 2 rings (SSSR count). The Morgan fingerprint density at radius 3 is 3.05 bits per heavy atom. The van der Waals surface area contributed by atoms with E-state index in [1.54, 1.807) is 7.11 Å². The number of ether oxygens (including phenoxy) is 1. The van der Waals surface area contributed by atoms with Crippen molar-refractivity contribution in [3.05, 3.63) is 40.4 Å². The molecule has 0 unspecified atom stereocenters. The third-order valence-corrected chi connectivity index (χ3v) is 3.70. The number of aryl methyl sites for hydroxylation is 1. The molecular weight excluding hydrogens is 274 g/mol. The Bertz CT molecular complexity index is 583. The van der Waals surface area contributed by atoms with Crippen LogP contribution in [0.3, 0.4) is 0 Å². The largest absolute Gasteiger partial charge is 0.497 e. The highest BCUT2D eigenvalue weighted by Crippen LogP contribution is 2.13. The van der Waals surface area contributed by atoms with E-state index in [2.05, 4.69) is 14.9 Å². The van der Waals surface area contributed by atoms with Crippen molar-refractivity contribution in [2.75, 3.05) is 13.7 Å². The molecule has 0 saturated carbocycles. The lowest BCUT2D eigenvalue weighted by molar-refractivity contribution is 0.0957. The first-order valence-electron chi connectivity index (χ1n) is 6.47. The summed E-state index contributed by atoms with van der Waals surface area (Å²) in [6.45, 7) is 2.54. The maximum atomic E-state index is 12.0. The van der Waals surface area contributed by atoms with E-state index in [9.17, 15) is 4.79 Å². The van der Waals surface area contributed by atoms with Gasteiger partial charge in [0.15, 0.2) is 0 Å². The molecule has 0 aliphatic rings. The van der Waals surface area contributed by atoms with Gasteiger partial charge in [-0.1, -0.05) is 23.5 Å². The second-order valence-corrected chi connectivity index (χ2v) is 5.01. The average Bonchev–Trinajstić information content (AvgIpc) is 2.96. The maximum absolute atomic E-state index is 12.0. The van der Waals surface area contributed by atoms with E-state index in [1.165, 1.54) is 0 Å². The Kier molecular flexibility index (Phi) is 5.06. The number of aromatic nitrogens is 2. The molecule has 0 atom stereocenters. The molecule has 0 radical (unpaired) electrons. The zero-order valence-corrected chi connectivity index (χ0v) is 12.4. The smallest absolute Gasteiger partial charge is 0.264 e. The molecule has 1 heterocycles. The second kappa shape index (κ2) is 7.00. The molecule has 1 aromatic heterocycles. The Hall–Kier alpha value is -1.95. The summed E-state index contributed by atoms with van der Waals surface area (Å²) < 4.78 is 8.99. The van der Waals surface area contributed by atoms with Crippen molar-refractivity contribution in [2.24, 2.45) is 0 Å². The van der Waals surface area contributed by atoms with Crippen LogP contribution in [0.25, 0.3) is 0 Å². The predicted molar refractivity (Wildman–Crippen MR) is 78.3 cm³/mol. The molecule has 106 valence electrons. The lowest BCUT2D eigenvalue weighted by atomic mass is 10.1. The predicted octanol–water partition coefficient (Wildman–Crippen LogP) is 2.08. The first-order valence-corrected chi connectivity index (χ1v) is 7.24. The van der Waals surface area contributed by atoms with Crippen molar-refractivity contribution < 1.29 is 9.53 Å². The molecule has 0 fully saturated rings. The minimum absolute atomic E-state index is 0.0975. The number of methoxy groups -OCH3 is 1. The van der Waals surface area contributed by atoms with Crippen LogP contribution in [0.2, 0.25) is 0 Å². The van der Waals surface area contributed by atoms with Gasteiger partial charge in [0.05, 0.1) is 12.8 Å². The highest BCUT2D eigenvalue weighted by Gasteiger charge is 2.14. The second-order valence-electron chi connectivity index (χ2n) is 4.26. The van der Waals surface area contributed by atoms with Crippen LogP contribution in [-0.2, 0) is 12.8 Å². The van der Waals surface area contributed by atoms with Crippen LogP contribution in [0.5, 0.6) is 5.75 Å². The molecule has 0 aliphatic heterocycles. The quantitative estimate of drug-likeness (QED) is 0.885. The van der Waals surface area contributed by atoms with E-state index in [-0.39, 0.29) is 5.91 Å². The highest BCUT2D eigenvalue weighted by molar-refractivity contribution is 7.08. The maximum Gasteiger partial charge on any atom is 0.264 e. The van der Waals surface area contributed by atoms with Crippen LogP contribution in [0, 0.1) is 0 Å². The van der Waals surface area contributed by atoms with Gasteiger partial charge in [-0.25, -0.2) is 0 Å². The Balaban J connectivity index is 1.88. The van der Waals surface area contributed by atoms with Crippen molar-refractivity contribution in [1.29, 1.82) is 0 Å². The van der Waals surface area contributed by atoms with Gasteiger partial charge in [-0.3, -0.25) is 4.79 Å². The van der Waals surface area contributed by atoms with Gasteiger partial charge in [0.1, 0.15) is 10.6 Å². The number of nitrogens with zero attached hydrogens (tertiary/aromatic N) is 2. The van der Waals surface area contributed by atoms with Crippen LogP contribution in [-0.4, -0.2) is 29.1 Å². The Morgan fingerprint density at radius 2 is 2.30 bits per heavy atom. The van der Waals surface area contributed by atoms with E-state index in [1.807, 2.05) is 31.2 Å². The summed E-state index contributed by atoms with van der Waals surface area (Å²) in [4.78, 5) is 12.6. The molecule has 6 heteroatoms. The topological polar surface area (TPSA) is 64.1 Å². The number of carbonyl (C=O) groups excluding carboxylic acids is 1. The number of nitrogens with one attached hydrogen (secondary N) is 1. The molecule has 2 aromatic rings. The molecule has 1 N–H and O–H groups in total. The van der Waals surface area contributed by atoms with Gasteiger partial charge in [0.25, 0.3) is 5.91 Å². The van der Waals surface area contributed by atoms with Gasteiger partial charge in [-0.05, 0) is 42.1 Å². The van der Waals surface area contributed by atoms with Crippen molar-refractivity contribution in [3.8, 4) is 5.75 Å². The molecule has 5 nitrogen and oxygen atoms in total. The molecular formula is C14H17N3O2S. The lowest BCUT2D eigenvalue weighted by Crippen LogP contribution is -2.25. The summed E-state index contributed by atoms with van der Waals surface area (Å²) in [6.07, 6.45) is 1.48. The zero-order chi connectivity index (χ0) is 14.4. The summed E-state index contributed by atoms with van der Waals surface area (Å²) in [5.41, 5.74) is 1.89. The summed E-state index contributed by atoms with van der Waals surface area (Å²) >= 11 is 1.14. The summed E-state index contributed by atoms with van der Waals surface area (Å²) in [5, 5.41) is 6.83. The normalized spacial score (nSPS) is 10.3. The van der Waals surface area contributed by atoms with Crippen molar-refractivity contribution in [3.63, 3.8) is 0 Å². The number of carbonyl (C=O) groups is 1. The van der Waals surface area contributed by atoms with E-state index in [0.29, 0.717) is 11.4 Å². The minimum Gasteiger partial charge on any atom is -0.497 e. The number of amides is 1. The third-order valence-electron chi connectivity index (χ3n) is 2.93. The molecule has 0 spiro atoms. The number of benzene rings is 1. The third kappa shape index (κ3) is 3.54. The van der Waals surface area contributed by atoms with E-state index in [0.717, 1.165) is 41.4 Å². The van der Waals surface area contributed by atoms with Gasteiger partial charge in [0, 0.05) is 6.54 Å². The number of hydrogen-bond acceptors (Lipinski definition) is 5. The highest BCUT2D eigenvalue weighted by atomic mass is 32.1. The SMILES string of the molecule is CCc1nnsc1C(=O)NCCc1cccc(OC)c1. The van der Waals surface area contributed by atoms with Gasteiger partial charge >= 0.3 is 0 Å².